The molecule has 2 unspecified atom stereocenters. The molecule has 0 amide bonds. The Labute approximate surface area is 299 Å². The minimum Gasteiger partial charge on any atom is -0.508 e. The molecule has 0 aliphatic carbocycles. The van der Waals surface area contributed by atoms with Crippen molar-refractivity contribution >= 4 is 0 Å². The minimum atomic E-state index is 0.121. The Kier molecular flexibility index (Phi) is 16.3. The van der Waals surface area contributed by atoms with E-state index in [2.05, 4.69) is 100 Å². The first-order valence-electron chi connectivity index (χ1n) is 19.7. The maximum atomic E-state index is 11.7. The van der Waals surface area contributed by atoms with Gasteiger partial charge in [0.15, 0.2) is 0 Å². The van der Waals surface area contributed by atoms with Gasteiger partial charge in [0, 0.05) is 29.4 Å². The van der Waals surface area contributed by atoms with Crippen LogP contribution in [0.4, 0.5) is 0 Å². The first kappa shape index (κ1) is 38.3. The molecule has 0 aliphatic heterocycles. The van der Waals surface area contributed by atoms with Crippen LogP contribution in [0.25, 0.3) is 0 Å². The van der Waals surface area contributed by atoms with Gasteiger partial charge in [-0.25, -0.2) is 0 Å². The summed E-state index contributed by atoms with van der Waals surface area (Å²) >= 11 is 0. The molecule has 2 heteroatoms. The first-order valence-corrected chi connectivity index (χ1v) is 19.7. The molecule has 0 bridgehead atoms. The molecule has 0 fully saturated rings. The Bertz CT molecular complexity index is 1390. The van der Waals surface area contributed by atoms with Crippen LogP contribution in [-0.2, 0) is 19.3 Å². The number of aromatic hydroxyl groups is 2. The second-order valence-electron chi connectivity index (χ2n) is 14.5. The largest absolute Gasteiger partial charge is 0.508 e. The molecule has 4 aromatic carbocycles. The summed E-state index contributed by atoms with van der Waals surface area (Å²) < 4.78 is 0. The topological polar surface area (TPSA) is 40.5 Å². The van der Waals surface area contributed by atoms with Gasteiger partial charge in [-0.3, -0.25) is 0 Å². The van der Waals surface area contributed by atoms with Crippen molar-refractivity contribution in [3.63, 3.8) is 0 Å². The molecule has 0 saturated heterocycles. The lowest BCUT2D eigenvalue weighted by molar-refractivity contribution is 0.460. The maximum absolute atomic E-state index is 11.7. The Morgan fingerprint density at radius 1 is 0.429 bits per heavy atom. The van der Waals surface area contributed by atoms with Crippen molar-refractivity contribution in [2.45, 2.75) is 149 Å². The zero-order valence-corrected chi connectivity index (χ0v) is 31.2. The van der Waals surface area contributed by atoms with E-state index in [1.54, 1.807) is 0 Å². The fourth-order valence-electron chi connectivity index (χ4n) is 7.83. The Hall–Kier alpha value is -3.52. The van der Waals surface area contributed by atoms with Crippen LogP contribution in [0.5, 0.6) is 11.5 Å². The number of unbranched alkanes of at least 4 members (excludes halogenated alkanes) is 12. The summed E-state index contributed by atoms with van der Waals surface area (Å²) in [5.74, 6) is 0.902. The number of aryl methyl sites for hydroxylation is 2. The lowest BCUT2D eigenvalue weighted by Gasteiger charge is -2.26. The summed E-state index contributed by atoms with van der Waals surface area (Å²) in [6.45, 7) is 9.11. The Morgan fingerprint density at radius 2 is 0.776 bits per heavy atom. The van der Waals surface area contributed by atoms with Gasteiger partial charge in [0.1, 0.15) is 11.5 Å². The smallest absolute Gasteiger partial charge is 0.119 e. The third kappa shape index (κ3) is 11.2. The van der Waals surface area contributed by atoms with E-state index in [0.717, 1.165) is 36.8 Å². The highest BCUT2D eigenvalue weighted by Crippen LogP contribution is 2.42. The number of rotatable bonds is 22. The second-order valence-corrected chi connectivity index (χ2v) is 14.5. The molecule has 4 aromatic rings. The molecule has 0 aromatic heterocycles. The fraction of sp³-hybridized carbons (Fsp3) is 0.489. The van der Waals surface area contributed by atoms with Crippen molar-refractivity contribution in [2.24, 2.45) is 0 Å². The van der Waals surface area contributed by atoms with Gasteiger partial charge in [-0.05, 0) is 71.2 Å². The van der Waals surface area contributed by atoms with E-state index < -0.39 is 0 Å². The summed E-state index contributed by atoms with van der Waals surface area (Å²) in [4.78, 5) is 0. The van der Waals surface area contributed by atoms with E-state index in [1.807, 2.05) is 12.1 Å². The normalized spacial score (nSPS) is 12.7. The number of hydrogen-bond acceptors (Lipinski definition) is 2. The summed E-state index contributed by atoms with van der Waals surface area (Å²) in [6.07, 6.45) is 20.4. The molecule has 0 radical (unpaired) electrons. The van der Waals surface area contributed by atoms with Crippen LogP contribution in [0.1, 0.15) is 174 Å². The van der Waals surface area contributed by atoms with Crippen molar-refractivity contribution in [2.75, 3.05) is 0 Å². The van der Waals surface area contributed by atoms with E-state index >= 15 is 0 Å². The van der Waals surface area contributed by atoms with Crippen LogP contribution in [-0.4, -0.2) is 10.2 Å². The third-order valence-electron chi connectivity index (χ3n) is 10.8. The molecular formula is C47H64O2. The van der Waals surface area contributed by atoms with E-state index in [-0.39, 0.29) is 11.8 Å². The quantitative estimate of drug-likeness (QED) is 0.0824. The van der Waals surface area contributed by atoms with Gasteiger partial charge in [-0.1, -0.05) is 178 Å². The van der Waals surface area contributed by atoms with Crippen LogP contribution < -0.4 is 0 Å². The van der Waals surface area contributed by atoms with Crippen LogP contribution in [0.2, 0.25) is 0 Å². The SMILES string of the molecule is CCCCCCCCCc1ccc(O)c(Cc2c(O)ccc(CCCCCCCCC)c2C(C)c2ccccc2)c1C(C)c1ccccc1. The van der Waals surface area contributed by atoms with Crippen molar-refractivity contribution in [3.05, 3.63) is 129 Å². The van der Waals surface area contributed by atoms with Gasteiger partial charge < -0.3 is 10.2 Å². The summed E-state index contributed by atoms with van der Waals surface area (Å²) in [7, 11) is 0. The lowest BCUT2D eigenvalue weighted by atomic mass is 9.79. The van der Waals surface area contributed by atoms with Crippen molar-refractivity contribution in [1.29, 1.82) is 0 Å². The Balaban J connectivity index is 1.72. The van der Waals surface area contributed by atoms with Crippen molar-refractivity contribution < 1.29 is 10.2 Å². The fourth-order valence-corrected chi connectivity index (χ4v) is 7.83. The molecule has 2 nitrogen and oxygen atoms in total. The standard InChI is InChI=1S/C47H64O2/c1-5-7-9-11-13-15-19-29-40-31-33-44(48)42(46(40)36(3)38-25-21-17-22-26-38)35-43-45(49)34-32-41(30-20-16-14-12-10-8-6-2)47(43)37(4)39-27-23-18-24-28-39/h17-18,21-28,31-34,36-37,48-49H,5-16,19-20,29-30,35H2,1-4H3. The molecule has 2 atom stereocenters. The van der Waals surface area contributed by atoms with Crippen LogP contribution in [0.3, 0.4) is 0 Å². The molecule has 0 saturated carbocycles. The molecule has 0 aliphatic rings. The van der Waals surface area contributed by atoms with E-state index in [0.29, 0.717) is 17.9 Å². The summed E-state index contributed by atoms with van der Waals surface area (Å²) in [5.41, 5.74) is 9.54. The van der Waals surface area contributed by atoms with Gasteiger partial charge in [0.25, 0.3) is 0 Å². The number of phenols is 2. The van der Waals surface area contributed by atoms with E-state index in [1.165, 1.54) is 110 Å². The molecule has 49 heavy (non-hydrogen) atoms. The van der Waals surface area contributed by atoms with Gasteiger partial charge in [-0.2, -0.15) is 0 Å². The zero-order valence-electron chi connectivity index (χ0n) is 31.2. The minimum absolute atomic E-state index is 0.121. The Morgan fingerprint density at radius 3 is 1.14 bits per heavy atom. The number of hydrogen-bond donors (Lipinski definition) is 2. The second kappa shape index (κ2) is 20.9. The van der Waals surface area contributed by atoms with E-state index in [4.69, 9.17) is 0 Å². The average molecular weight is 661 g/mol. The first-order chi connectivity index (χ1) is 24.0. The van der Waals surface area contributed by atoms with Crippen LogP contribution >= 0.6 is 0 Å². The predicted octanol–water partition coefficient (Wildman–Crippen LogP) is 13.6. The summed E-state index contributed by atoms with van der Waals surface area (Å²) in [5, 5.41) is 23.3. The lowest BCUT2D eigenvalue weighted by Crippen LogP contribution is -2.11. The van der Waals surface area contributed by atoms with Crippen molar-refractivity contribution in [3.8, 4) is 11.5 Å². The molecular weight excluding hydrogens is 597 g/mol. The third-order valence-corrected chi connectivity index (χ3v) is 10.8. The monoisotopic (exact) mass is 660 g/mol. The van der Waals surface area contributed by atoms with Gasteiger partial charge in [-0.15, -0.1) is 0 Å². The highest BCUT2D eigenvalue weighted by molar-refractivity contribution is 5.56. The molecule has 264 valence electrons. The number of benzene rings is 4. The summed E-state index contributed by atoms with van der Waals surface area (Å²) in [6, 6.07) is 29.6. The van der Waals surface area contributed by atoms with Crippen LogP contribution in [0.15, 0.2) is 84.9 Å². The number of phenolic OH excluding ortho intramolecular Hbond substituents is 2. The zero-order chi connectivity index (χ0) is 34.8. The van der Waals surface area contributed by atoms with Crippen molar-refractivity contribution in [1.82, 2.24) is 0 Å². The highest BCUT2D eigenvalue weighted by Gasteiger charge is 2.25. The van der Waals surface area contributed by atoms with Gasteiger partial charge in [0.05, 0.1) is 0 Å². The maximum Gasteiger partial charge on any atom is 0.119 e. The molecule has 0 heterocycles. The molecule has 2 N–H and O–H groups in total. The van der Waals surface area contributed by atoms with Gasteiger partial charge in [0.2, 0.25) is 0 Å². The average Bonchev–Trinajstić information content (AvgIpc) is 3.13. The highest BCUT2D eigenvalue weighted by atomic mass is 16.3. The molecule has 0 spiro atoms. The van der Waals surface area contributed by atoms with E-state index in [9.17, 15) is 10.2 Å². The van der Waals surface area contributed by atoms with Crippen LogP contribution in [0, 0.1) is 0 Å². The van der Waals surface area contributed by atoms with Gasteiger partial charge >= 0.3 is 0 Å². The molecule has 4 rings (SSSR count). The predicted molar refractivity (Wildman–Crippen MR) is 210 cm³/mol.